The van der Waals surface area contributed by atoms with E-state index in [1.54, 1.807) is 18.3 Å². The number of nitrogen functional groups attached to an aromatic ring is 1. The van der Waals surface area contributed by atoms with E-state index in [0.29, 0.717) is 18.0 Å². The number of hydrogen-bond acceptors (Lipinski definition) is 9. The summed E-state index contributed by atoms with van der Waals surface area (Å²) in [5.41, 5.74) is 6.29. The number of aliphatic hydroxyl groups is 2. The Hall–Kier alpha value is -2.69. The number of ether oxygens (including phenoxy) is 2. The van der Waals surface area contributed by atoms with Gasteiger partial charge in [-0.15, -0.1) is 11.3 Å². The minimum absolute atomic E-state index is 0.00283. The molecule has 3 saturated carbocycles. The molecule has 9 heteroatoms. The van der Waals surface area contributed by atoms with Crippen LogP contribution in [0.15, 0.2) is 54.3 Å². The van der Waals surface area contributed by atoms with Crippen LogP contribution in [0.2, 0.25) is 0 Å². The zero-order valence-electron chi connectivity index (χ0n) is 23.3. The molecule has 1 aromatic heterocycles. The molecule has 4 aliphatic carbocycles. The van der Waals surface area contributed by atoms with Crippen molar-refractivity contribution in [1.29, 1.82) is 0 Å². The van der Waals surface area contributed by atoms with E-state index in [4.69, 9.17) is 15.2 Å². The van der Waals surface area contributed by atoms with Crippen molar-refractivity contribution >= 4 is 28.0 Å². The molecule has 9 atom stereocenters. The van der Waals surface area contributed by atoms with Crippen LogP contribution in [0.3, 0.4) is 0 Å². The number of aliphatic hydroxyl groups excluding tert-OH is 2. The number of carbonyl (C=O) groups is 2. The zero-order chi connectivity index (χ0) is 28.7. The van der Waals surface area contributed by atoms with E-state index in [1.807, 2.05) is 37.3 Å². The fourth-order valence-electron chi connectivity index (χ4n) is 9.23. The normalized spacial score (nSPS) is 40.9. The summed E-state index contributed by atoms with van der Waals surface area (Å²) in [6.07, 6.45) is 8.48. The third kappa shape index (κ3) is 3.82. The maximum atomic E-state index is 13.7. The van der Waals surface area contributed by atoms with E-state index in [0.717, 1.165) is 40.8 Å². The van der Waals surface area contributed by atoms with Gasteiger partial charge in [0.15, 0.2) is 28.6 Å². The van der Waals surface area contributed by atoms with Crippen molar-refractivity contribution in [3.63, 3.8) is 0 Å². The summed E-state index contributed by atoms with van der Waals surface area (Å²) in [6, 6.07) is 7.95. The number of benzene rings is 1. The minimum Gasteiger partial charge on any atom is -0.393 e. The Morgan fingerprint density at radius 2 is 2.02 bits per heavy atom. The van der Waals surface area contributed by atoms with Crippen LogP contribution >= 0.6 is 11.3 Å². The van der Waals surface area contributed by atoms with Crippen LogP contribution in [-0.2, 0) is 25.5 Å². The molecule has 41 heavy (non-hydrogen) atoms. The van der Waals surface area contributed by atoms with Gasteiger partial charge >= 0.3 is 0 Å². The molecule has 2 aromatic rings. The number of allylic oxidation sites excluding steroid dienone is 4. The monoisotopic (exact) mass is 576 g/mol. The molecule has 1 saturated heterocycles. The zero-order valence-corrected chi connectivity index (χ0v) is 24.1. The predicted octanol–water partition coefficient (Wildman–Crippen LogP) is 3.92. The third-order valence-corrected chi connectivity index (χ3v) is 11.8. The number of nitrogens with two attached hydrogens (primary N) is 1. The van der Waals surface area contributed by atoms with Gasteiger partial charge in [-0.1, -0.05) is 49.8 Å². The second-order valence-corrected chi connectivity index (χ2v) is 14.1. The average Bonchev–Trinajstić information content (AvgIpc) is 3.60. The maximum absolute atomic E-state index is 13.7. The van der Waals surface area contributed by atoms with Crippen molar-refractivity contribution in [3.8, 4) is 0 Å². The van der Waals surface area contributed by atoms with Gasteiger partial charge in [0.25, 0.3) is 0 Å². The molecule has 4 N–H and O–H groups in total. The summed E-state index contributed by atoms with van der Waals surface area (Å²) in [4.78, 5) is 31.0. The number of rotatable bonds is 5. The Bertz CT molecular complexity index is 1470. The second kappa shape index (κ2) is 9.41. The first kappa shape index (κ1) is 27.2. The lowest BCUT2D eigenvalue weighted by Crippen LogP contribution is -2.63. The number of Topliss-reactive ketones (excluding diaryl/α,β-unsaturated/α-hetero) is 1. The van der Waals surface area contributed by atoms with Gasteiger partial charge < -0.3 is 25.4 Å². The average molecular weight is 577 g/mol. The standard InChI is InChI=1S/C32H36N2O6S/c1-30-10-9-20(36)12-19(30)7-8-22-23-13-26-32(25(38)16-35,31(23,2)14-24(37)27(22)30)40-28(39-26)18-5-3-17(4-6-18)11-21-15-34-29(33)41-21/h3-6,9-10,12,15,22-24,26-28,35,37H,7-8,11,13-14,16H2,1-2H3,(H2,33,34)/t22-,23-,24-,26+,27+,28+,30-,31-,32+/m0/s1. The maximum Gasteiger partial charge on any atom is 0.193 e. The summed E-state index contributed by atoms with van der Waals surface area (Å²) >= 11 is 1.47. The smallest absolute Gasteiger partial charge is 0.193 e. The van der Waals surface area contributed by atoms with Gasteiger partial charge in [-0.05, 0) is 55.2 Å². The molecule has 0 unspecified atom stereocenters. The quantitative estimate of drug-likeness (QED) is 0.488. The molecule has 2 heterocycles. The van der Waals surface area contributed by atoms with Crippen LogP contribution in [0.4, 0.5) is 5.13 Å². The number of ketones is 2. The molecule has 1 aromatic carbocycles. The Labute approximate surface area is 243 Å². The van der Waals surface area contributed by atoms with Crippen LogP contribution in [0, 0.1) is 28.6 Å². The Kier molecular flexibility index (Phi) is 6.23. The Morgan fingerprint density at radius 1 is 1.24 bits per heavy atom. The first-order valence-electron chi connectivity index (χ1n) is 14.5. The molecular formula is C32H36N2O6S. The van der Waals surface area contributed by atoms with Crippen molar-refractivity contribution < 1.29 is 29.3 Å². The first-order valence-corrected chi connectivity index (χ1v) is 15.3. The largest absolute Gasteiger partial charge is 0.393 e. The molecule has 4 fully saturated rings. The van der Waals surface area contributed by atoms with Gasteiger partial charge in [0.1, 0.15) is 6.61 Å². The van der Waals surface area contributed by atoms with E-state index in [1.165, 1.54) is 11.3 Å². The molecule has 0 bridgehead atoms. The highest BCUT2D eigenvalue weighted by Crippen LogP contribution is 2.70. The van der Waals surface area contributed by atoms with Crippen molar-refractivity contribution in [2.75, 3.05) is 12.3 Å². The molecule has 7 rings (SSSR count). The highest BCUT2D eigenvalue weighted by molar-refractivity contribution is 7.15. The fraction of sp³-hybridized carbons (Fsp3) is 0.531. The lowest BCUT2D eigenvalue weighted by molar-refractivity contribution is -0.201. The summed E-state index contributed by atoms with van der Waals surface area (Å²) in [5, 5.41) is 22.5. The lowest BCUT2D eigenvalue weighted by atomic mass is 9.46. The number of thiazole rings is 1. The van der Waals surface area contributed by atoms with Gasteiger partial charge in [-0.3, -0.25) is 9.59 Å². The van der Waals surface area contributed by atoms with Crippen LogP contribution < -0.4 is 5.73 Å². The number of anilines is 1. The summed E-state index contributed by atoms with van der Waals surface area (Å²) in [5.74, 6) is -0.254. The highest BCUT2D eigenvalue weighted by atomic mass is 32.1. The number of nitrogens with zero attached hydrogens (tertiary/aromatic N) is 1. The van der Waals surface area contributed by atoms with Gasteiger partial charge in [-0.2, -0.15) is 0 Å². The van der Waals surface area contributed by atoms with Crippen molar-refractivity contribution in [3.05, 3.63) is 70.3 Å². The molecule has 0 radical (unpaired) electrons. The summed E-state index contributed by atoms with van der Waals surface area (Å²) in [6.45, 7) is 3.53. The number of hydrogen-bond donors (Lipinski definition) is 3. The molecule has 1 aliphatic heterocycles. The van der Waals surface area contributed by atoms with E-state index in [2.05, 4.69) is 11.9 Å². The molecule has 216 valence electrons. The molecule has 5 aliphatic rings. The van der Waals surface area contributed by atoms with Crippen molar-refractivity contribution in [2.24, 2.45) is 28.6 Å². The summed E-state index contributed by atoms with van der Waals surface area (Å²) in [7, 11) is 0. The first-order chi connectivity index (χ1) is 19.6. The van der Waals surface area contributed by atoms with Crippen molar-refractivity contribution in [1.82, 2.24) is 4.98 Å². The SMILES string of the molecule is C[C@]12C=CC(=O)C=C1CC[C@@H]1[C@@H]2[C@@H](O)C[C@@]2(C)[C@H]1C[C@H]1O[C@@H](c3ccc(Cc4cnc(N)s4)cc3)O[C@]12C(=O)CO. The topological polar surface area (TPSA) is 132 Å². The molecule has 0 amide bonds. The van der Waals surface area contributed by atoms with E-state index in [-0.39, 0.29) is 29.3 Å². The van der Waals surface area contributed by atoms with Gasteiger partial charge in [-0.25, -0.2) is 4.98 Å². The fourth-order valence-corrected chi connectivity index (χ4v) is 9.95. The van der Waals surface area contributed by atoms with Crippen molar-refractivity contribution in [2.45, 2.75) is 70.1 Å². The third-order valence-electron chi connectivity index (χ3n) is 11.0. The van der Waals surface area contributed by atoms with Crippen LogP contribution in [-0.4, -0.2) is 51.2 Å². The Balaban J connectivity index is 1.18. The number of carbonyl (C=O) groups excluding carboxylic acids is 2. The molecule has 8 nitrogen and oxygen atoms in total. The molecule has 0 spiro atoms. The van der Waals surface area contributed by atoms with E-state index >= 15 is 0 Å². The van der Waals surface area contributed by atoms with E-state index in [9.17, 15) is 19.8 Å². The second-order valence-electron chi connectivity index (χ2n) is 12.9. The van der Waals surface area contributed by atoms with Gasteiger partial charge in [0.05, 0.1) is 12.2 Å². The van der Waals surface area contributed by atoms with Crippen LogP contribution in [0.25, 0.3) is 0 Å². The predicted molar refractivity (Wildman–Crippen MR) is 153 cm³/mol. The van der Waals surface area contributed by atoms with Gasteiger partial charge in [0, 0.05) is 39.8 Å². The Morgan fingerprint density at radius 3 is 2.73 bits per heavy atom. The van der Waals surface area contributed by atoms with Gasteiger partial charge in [0.2, 0.25) is 0 Å². The summed E-state index contributed by atoms with van der Waals surface area (Å²) < 4.78 is 13.2. The molecular weight excluding hydrogens is 540 g/mol. The van der Waals surface area contributed by atoms with Crippen LogP contribution in [0.5, 0.6) is 0 Å². The number of fused-ring (bicyclic) bond motifs is 7. The lowest BCUT2D eigenvalue weighted by Gasteiger charge is -2.59. The number of aromatic nitrogens is 1. The van der Waals surface area contributed by atoms with Crippen LogP contribution in [0.1, 0.15) is 61.8 Å². The van der Waals surface area contributed by atoms with E-state index < -0.39 is 41.5 Å². The highest BCUT2D eigenvalue weighted by Gasteiger charge is 2.75. The minimum atomic E-state index is -1.35.